The molecule has 104 valence electrons. The Bertz CT molecular complexity index is 453. The van der Waals surface area contributed by atoms with Gasteiger partial charge in [-0.15, -0.1) is 0 Å². The SMILES string of the molecule is CCCCC(=O)c1ccc(OC)c(OC(=O)OC)c1. The third-order valence-electron chi connectivity index (χ3n) is 2.60. The number of hydrogen-bond donors (Lipinski definition) is 0. The van der Waals surface area contributed by atoms with Crippen molar-refractivity contribution in [2.24, 2.45) is 0 Å². The number of benzene rings is 1. The average molecular weight is 266 g/mol. The van der Waals surface area contributed by atoms with Gasteiger partial charge in [-0.2, -0.15) is 0 Å². The first-order valence-corrected chi connectivity index (χ1v) is 6.09. The van der Waals surface area contributed by atoms with E-state index < -0.39 is 6.16 Å². The Morgan fingerprint density at radius 3 is 2.47 bits per heavy atom. The Kier molecular flexibility index (Phi) is 5.85. The van der Waals surface area contributed by atoms with E-state index in [9.17, 15) is 9.59 Å². The lowest BCUT2D eigenvalue weighted by Gasteiger charge is -2.09. The highest BCUT2D eigenvalue weighted by molar-refractivity contribution is 5.96. The number of carbonyl (C=O) groups is 2. The van der Waals surface area contributed by atoms with E-state index in [2.05, 4.69) is 4.74 Å². The molecule has 0 atom stereocenters. The molecule has 0 saturated heterocycles. The van der Waals surface area contributed by atoms with Crippen molar-refractivity contribution >= 4 is 11.9 Å². The van der Waals surface area contributed by atoms with E-state index in [4.69, 9.17) is 9.47 Å². The van der Waals surface area contributed by atoms with E-state index in [1.165, 1.54) is 20.3 Å². The van der Waals surface area contributed by atoms with Crippen LogP contribution in [0.4, 0.5) is 4.79 Å². The molecule has 0 amide bonds. The number of rotatable bonds is 6. The van der Waals surface area contributed by atoms with Gasteiger partial charge in [-0.1, -0.05) is 13.3 Å². The predicted octanol–water partition coefficient (Wildman–Crippen LogP) is 3.21. The Hall–Kier alpha value is -2.04. The minimum atomic E-state index is -0.851. The van der Waals surface area contributed by atoms with Crippen LogP contribution in [0, 0.1) is 0 Å². The largest absolute Gasteiger partial charge is 0.513 e. The van der Waals surface area contributed by atoms with Gasteiger partial charge in [-0.25, -0.2) is 4.79 Å². The van der Waals surface area contributed by atoms with Crippen molar-refractivity contribution in [1.82, 2.24) is 0 Å². The summed E-state index contributed by atoms with van der Waals surface area (Å²) in [6, 6.07) is 4.74. The second-order valence-electron chi connectivity index (χ2n) is 3.95. The summed E-state index contributed by atoms with van der Waals surface area (Å²) in [5.41, 5.74) is 0.494. The molecule has 1 aromatic rings. The molecule has 0 radical (unpaired) electrons. The highest BCUT2D eigenvalue weighted by Gasteiger charge is 2.14. The normalized spacial score (nSPS) is 9.84. The van der Waals surface area contributed by atoms with Gasteiger partial charge in [0.1, 0.15) is 0 Å². The van der Waals surface area contributed by atoms with Gasteiger partial charge in [0.05, 0.1) is 14.2 Å². The van der Waals surface area contributed by atoms with Gasteiger partial charge in [-0.05, 0) is 24.6 Å². The zero-order valence-corrected chi connectivity index (χ0v) is 11.4. The molecule has 1 rings (SSSR count). The molecule has 0 spiro atoms. The van der Waals surface area contributed by atoms with Crippen LogP contribution in [-0.4, -0.2) is 26.2 Å². The van der Waals surface area contributed by atoms with E-state index >= 15 is 0 Å². The Balaban J connectivity index is 2.94. The van der Waals surface area contributed by atoms with E-state index in [1.807, 2.05) is 6.92 Å². The summed E-state index contributed by atoms with van der Waals surface area (Å²) < 4.78 is 14.4. The first-order valence-electron chi connectivity index (χ1n) is 6.09. The predicted molar refractivity (Wildman–Crippen MR) is 69.9 cm³/mol. The molecule has 5 heteroatoms. The molecular weight excluding hydrogens is 248 g/mol. The molecule has 0 aliphatic carbocycles. The third-order valence-corrected chi connectivity index (χ3v) is 2.60. The quantitative estimate of drug-likeness (QED) is 0.449. The topological polar surface area (TPSA) is 61.8 Å². The van der Waals surface area contributed by atoms with Gasteiger partial charge < -0.3 is 14.2 Å². The van der Waals surface area contributed by atoms with Gasteiger partial charge in [-0.3, -0.25) is 4.79 Å². The fraction of sp³-hybridized carbons (Fsp3) is 0.429. The maximum absolute atomic E-state index is 11.9. The Labute approximate surface area is 112 Å². The van der Waals surface area contributed by atoms with Crippen LogP contribution in [0.1, 0.15) is 36.5 Å². The van der Waals surface area contributed by atoms with E-state index in [0.29, 0.717) is 17.7 Å². The van der Waals surface area contributed by atoms with Crippen molar-refractivity contribution in [2.75, 3.05) is 14.2 Å². The lowest BCUT2D eigenvalue weighted by atomic mass is 10.1. The van der Waals surface area contributed by atoms with Crippen molar-refractivity contribution in [1.29, 1.82) is 0 Å². The highest BCUT2D eigenvalue weighted by Crippen LogP contribution is 2.29. The second-order valence-corrected chi connectivity index (χ2v) is 3.95. The summed E-state index contributed by atoms with van der Waals surface area (Å²) in [4.78, 5) is 23.0. The summed E-state index contributed by atoms with van der Waals surface area (Å²) >= 11 is 0. The molecule has 0 saturated carbocycles. The minimum absolute atomic E-state index is 0.0132. The van der Waals surface area contributed by atoms with E-state index in [1.54, 1.807) is 12.1 Å². The molecule has 0 N–H and O–H groups in total. The lowest BCUT2D eigenvalue weighted by molar-refractivity contribution is 0.0977. The molecular formula is C14H18O5. The summed E-state index contributed by atoms with van der Waals surface area (Å²) in [6.07, 6.45) is 1.41. The van der Waals surface area contributed by atoms with Gasteiger partial charge in [0.15, 0.2) is 17.3 Å². The first kappa shape index (κ1) is 15.0. The highest BCUT2D eigenvalue weighted by atomic mass is 16.7. The zero-order chi connectivity index (χ0) is 14.3. The fourth-order valence-corrected chi connectivity index (χ4v) is 1.54. The van der Waals surface area contributed by atoms with Gasteiger partial charge >= 0.3 is 6.16 Å². The molecule has 0 unspecified atom stereocenters. The van der Waals surface area contributed by atoms with Crippen molar-refractivity contribution < 1.29 is 23.8 Å². The van der Waals surface area contributed by atoms with Crippen LogP contribution in [0.15, 0.2) is 18.2 Å². The van der Waals surface area contributed by atoms with Crippen LogP contribution < -0.4 is 9.47 Å². The van der Waals surface area contributed by atoms with Crippen LogP contribution in [0.25, 0.3) is 0 Å². The monoisotopic (exact) mass is 266 g/mol. The summed E-state index contributed by atoms with van der Waals surface area (Å²) in [5, 5.41) is 0. The number of ether oxygens (including phenoxy) is 3. The molecule has 0 fully saturated rings. The van der Waals surface area contributed by atoms with E-state index in [-0.39, 0.29) is 11.5 Å². The molecule has 0 aromatic heterocycles. The van der Waals surface area contributed by atoms with Gasteiger partial charge in [0.25, 0.3) is 0 Å². The summed E-state index contributed by atoms with van der Waals surface area (Å²) in [7, 11) is 2.67. The number of Topliss-reactive ketones (excluding diaryl/α,β-unsaturated/α-hetero) is 1. The number of methoxy groups -OCH3 is 2. The standard InChI is InChI=1S/C14H18O5/c1-4-5-6-11(15)10-7-8-12(17-2)13(9-10)19-14(16)18-3/h7-9H,4-6H2,1-3H3. The Morgan fingerprint density at radius 2 is 1.89 bits per heavy atom. The maximum atomic E-state index is 11.9. The molecule has 0 heterocycles. The summed E-state index contributed by atoms with van der Waals surface area (Å²) in [5.74, 6) is 0.563. The second kappa shape index (κ2) is 7.41. The molecule has 0 bridgehead atoms. The number of carbonyl (C=O) groups excluding carboxylic acids is 2. The van der Waals surface area contributed by atoms with Gasteiger partial charge in [0, 0.05) is 12.0 Å². The molecule has 0 aliphatic heterocycles. The zero-order valence-electron chi connectivity index (χ0n) is 11.4. The van der Waals surface area contributed by atoms with Crippen molar-refractivity contribution in [2.45, 2.75) is 26.2 Å². The van der Waals surface area contributed by atoms with Crippen LogP contribution in [0.2, 0.25) is 0 Å². The molecule has 1 aromatic carbocycles. The van der Waals surface area contributed by atoms with Crippen LogP contribution in [0.3, 0.4) is 0 Å². The smallest absolute Gasteiger partial charge is 0.493 e. The van der Waals surface area contributed by atoms with E-state index in [0.717, 1.165) is 12.8 Å². The van der Waals surface area contributed by atoms with Gasteiger partial charge in [0.2, 0.25) is 0 Å². The van der Waals surface area contributed by atoms with Crippen LogP contribution in [-0.2, 0) is 4.74 Å². The molecule has 0 aliphatic rings. The minimum Gasteiger partial charge on any atom is -0.493 e. The third kappa shape index (κ3) is 4.28. The first-order chi connectivity index (χ1) is 9.12. The average Bonchev–Trinajstić information content (AvgIpc) is 2.44. The summed E-state index contributed by atoms with van der Waals surface area (Å²) in [6.45, 7) is 2.02. The fourth-order valence-electron chi connectivity index (χ4n) is 1.54. The molecule has 19 heavy (non-hydrogen) atoms. The number of hydrogen-bond acceptors (Lipinski definition) is 5. The van der Waals surface area contributed by atoms with Crippen LogP contribution in [0.5, 0.6) is 11.5 Å². The van der Waals surface area contributed by atoms with Crippen LogP contribution >= 0.6 is 0 Å². The molecule has 5 nitrogen and oxygen atoms in total. The Morgan fingerprint density at radius 1 is 1.16 bits per heavy atom. The van der Waals surface area contributed by atoms with Crippen molar-refractivity contribution in [3.05, 3.63) is 23.8 Å². The van der Waals surface area contributed by atoms with Crippen molar-refractivity contribution in [3.8, 4) is 11.5 Å². The number of unbranched alkanes of at least 4 members (excludes halogenated alkanes) is 1. The lowest BCUT2D eigenvalue weighted by Crippen LogP contribution is -2.09. The number of ketones is 1. The van der Waals surface area contributed by atoms with Crippen molar-refractivity contribution in [3.63, 3.8) is 0 Å². The maximum Gasteiger partial charge on any atom is 0.513 e.